The lowest BCUT2D eigenvalue weighted by atomic mass is 10.2. The Bertz CT molecular complexity index is 725. The molecule has 0 atom stereocenters. The SMILES string of the molecule is O=C(O)C=Cc1ccsc1C(=O)Nc1cc(F)ccc1F. The number of carboxylic acids is 1. The van der Waals surface area contributed by atoms with Gasteiger partial charge in [-0.15, -0.1) is 11.3 Å². The molecule has 0 saturated heterocycles. The lowest BCUT2D eigenvalue weighted by Crippen LogP contribution is -2.12. The van der Waals surface area contributed by atoms with Crippen molar-refractivity contribution in [2.45, 2.75) is 0 Å². The maximum absolute atomic E-state index is 13.5. The van der Waals surface area contributed by atoms with Crippen molar-refractivity contribution in [2.75, 3.05) is 5.32 Å². The molecule has 7 heteroatoms. The van der Waals surface area contributed by atoms with E-state index in [9.17, 15) is 18.4 Å². The molecule has 0 unspecified atom stereocenters. The number of benzene rings is 1. The van der Waals surface area contributed by atoms with Gasteiger partial charge in [0.05, 0.1) is 10.6 Å². The van der Waals surface area contributed by atoms with E-state index in [0.717, 1.165) is 35.6 Å². The van der Waals surface area contributed by atoms with Gasteiger partial charge in [-0.25, -0.2) is 13.6 Å². The van der Waals surface area contributed by atoms with Gasteiger partial charge in [-0.2, -0.15) is 0 Å². The van der Waals surface area contributed by atoms with Crippen LogP contribution < -0.4 is 5.32 Å². The molecule has 4 nitrogen and oxygen atoms in total. The lowest BCUT2D eigenvalue weighted by molar-refractivity contribution is -0.131. The van der Waals surface area contributed by atoms with Crippen molar-refractivity contribution in [1.29, 1.82) is 0 Å². The second kappa shape index (κ2) is 6.27. The van der Waals surface area contributed by atoms with Gasteiger partial charge in [0, 0.05) is 12.1 Å². The molecule has 2 N–H and O–H groups in total. The summed E-state index contributed by atoms with van der Waals surface area (Å²) in [4.78, 5) is 22.7. The molecule has 0 bridgehead atoms. The van der Waals surface area contributed by atoms with Gasteiger partial charge in [-0.05, 0) is 35.2 Å². The Balaban J connectivity index is 2.23. The van der Waals surface area contributed by atoms with Crippen LogP contribution in [0, 0.1) is 11.6 Å². The molecule has 1 aromatic heterocycles. The third-order valence-electron chi connectivity index (χ3n) is 2.48. The highest BCUT2D eigenvalue weighted by Gasteiger charge is 2.14. The number of hydrogen-bond donors (Lipinski definition) is 2. The zero-order valence-corrected chi connectivity index (χ0v) is 11.3. The summed E-state index contributed by atoms with van der Waals surface area (Å²) in [7, 11) is 0. The molecule has 0 spiro atoms. The van der Waals surface area contributed by atoms with Gasteiger partial charge in [-0.3, -0.25) is 4.79 Å². The number of thiophene rings is 1. The number of halogens is 2. The summed E-state index contributed by atoms with van der Waals surface area (Å²) in [6, 6.07) is 4.27. The first-order valence-electron chi connectivity index (χ1n) is 5.72. The lowest BCUT2D eigenvalue weighted by Gasteiger charge is -2.06. The molecular weight excluding hydrogens is 300 g/mol. The third kappa shape index (κ3) is 3.73. The van der Waals surface area contributed by atoms with Crippen molar-refractivity contribution >= 4 is 35.0 Å². The minimum Gasteiger partial charge on any atom is -0.478 e. The average molecular weight is 309 g/mol. The summed E-state index contributed by atoms with van der Waals surface area (Å²) in [6.07, 6.45) is 2.15. The number of aliphatic carboxylic acids is 1. The first kappa shape index (κ1) is 14.9. The molecule has 21 heavy (non-hydrogen) atoms. The van der Waals surface area contributed by atoms with Crippen LogP contribution in [0.15, 0.2) is 35.7 Å². The van der Waals surface area contributed by atoms with Crippen molar-refractivity contribution in [3.63, 3.8) is 0 Å². The fourth-order valence-corrected chi connectivity index (χ4v) is 2.35. The number of hydrogen-bond acceptors (Lipinski definition) is 3. The molecule has 1 amide bonds. The van der Waals surface area contributed by atoms with E-state index in [0.29, 0.717) is 5.56 Å². The molecule has 1 aromatic carbocycles. The Morgan fingerprint density at radius 3 is 2.71 bits per heavy atom. The van der Waals surface area contributed by atoms with Crippen molar-refractivity contribution in [1.82, 2.24) is 0 Å². The van der Waals surface area contributed by atoms with Crippen LogP contribution >= 0.6 is 11.3 Å². The number of rotatable bonds is 4. The standard InChI is InChI=1S/C14H9F2NO3S/c15-9-2-3-10(16)11(7-9)17-14(20)13-8(5-6-21-13)1-4-12(18)19/h1-7H,(H,17,20)(H,18,19). The molecule has 0 radical (unpaired) electrons. The maximum atomic E-state index is 13.5. The van der Waals surface area contributed by atoms with E-state index >= 15 is 0 Å². The van der Waals surface area contributed by atoms with Gasteiger partial charge in [0.2, 0.25) is 0 Å². The number of nitrogens with one attached hydrogen (secondary N) is 1. The molecule has 2 rings (SSSR count). The van der Waals surface area contributed by atoms with Crippen LogP contribution in [-0.4, -0.2) is 17.0 Å². The minimum absolute atomic E-state index is 0.205. The van der Waals surface area contributed by atoms with Crippen molar-refractivity contribution in [2.24, 2.45) is 0 Å². The Labute approximate surface area is 122 Å². The van der Waals surface area contributed by atoms with Crippen LogP contribution in [0.5, 0.6) is 0 Å². The second-order valence-electron chi connectivity index (χ2n) is 3.95. The summed E-state index contributed by atoms with van der Waals surface area (Å²) in [5.74, 6) is -3.23. The van der Waals surface area contributed by atoms with Crippen LogP contribution in [0.4, 0.5) is 14.5 Å². The van der Waals surface area contributed by atoms with Gasteiger partial charge in [0.1, 0.15) is 11.6 Å². The first-order chi connectivity index (χ1) is 9.97. The monoisotopic (exact) mass is 309 g/mol. The summed E-state index contributed by atoms with van der Waals surface area (Å²) < 4.78 is 26.5. The molecule has 1 heterocycles. The molecule has 0 fully saturated rings. The van der Waals surface area contributed by atoms with Gasteiger partial charge >= 0.3 is 5.97 Å². The summed E-state index contributed by atoms with van der Waals surface area (Å²) in [5.41, 5.74) is 0.110. The van der Waals surface area contributed by atoms with Gasteiger partial charge < -0.3 is 10.4 Å². The topological polar surface area (TPSA) is 66.4 Å². The first-order valence-corrected chi connectivity index (χ1v) is 6.60. The highest BCUT2D eigenvalue weighted by atomic mass is 32.1. The quantitative estimate of drug-likeness (QED) is 0.851. The fourth-order valence-electron chi connectivity index (χ4n) is 1.57. The Morgan fingerprint density at radius 1 is 1.24 bits per heavy atom. The predicted octanol–water partition coefficient (Wildman–Crippen LogP) is 3.38. The number of amides is 1. The van der Waals surface area contributed by atoms with Crippen molar-refractivity contribution < 1.29 is 23.5 Å². The minimum atomic E-state index is -1.15. The van der Waals surface area contributed by atoms with E-state index in [1.165, 1.54) is 6.08 Å². The number of carboxylic acid groups (broad SMARTS) is 1. The van der Waals surface area contributed by atoms with Crippen molar-refractivity contribution in [3.8, 4) is 0 Å². The summed E-state index contributed by atoms with van der Waals surface area (Å²) >= 11 is 1.07. The Morgan fingerprint density at radius 2 is 2.00 bits per heavy atom. The summed E-state index contributed by atoms with van der Waals surface area (Å²) in [5, 5.41) is 12.4. The van der Waals surface area contributed by atoms with Crippen LogP contribution in [0.1, 0.15) is 15.2 Å². The third-order valence-corrected chi connectivity index (χ3v) is 3.41. The molecule has 108 valence electrons. The van der Waals surface area contributed by atoms with Crippen molar-refractivity contribution in [3.05, 3.63) is 57.8 Å². The Kier molecular flexibility index (Phi) is 4.44. The number of anilines is 1. The van der Waals surface area contributed by atoms with E-state index in [-0.39, 0.29) is 10.6 Å². The normalized spacial score (nSPS) is 10.8. The van der Waals surface area contributed by atoms with E-state index in [1.807, 2.05) is 0 Å². The van der Waals surface area contributed by atoms with Crippen LogP contribution in [-0.2, 0) is 4.79 Å². The van der Waals surface area contributed by atoms with Crippen LogP contribution in [0.3, 0.4) is 0 Å². The number of carbonyl (C=O) groups is 2. The molecule has 0 aliphatic rings. The Hall–Kier alpha value is -2.54. The van der Waals surface area contributed by atoms with Gasteiger partial charge in [0.15, 0.2) is 0 Å². The maximum Gasteiger partial charge on any atom is 0.328 e. The fraction of sp³-hybridized carbons (Fsp3) is 0. The predicted molar refractivity (Wildman–Crippen MR) is 75.3 cm³/mol. The number of carbonyl (C=O) groups excluding carboxylic acids is 1. The summed E-state index contributed by atoms with van der Waals surface area (Å²) in [6.45, 7) is 0. The highest BCUT2D eigenvalue weighted by molar-refractivity contribution is 7.12. The van der Waals surface area contributed by atoms with E-state index < -0.39 is 23.5 Å². The molecule has 0 aliphatic heterocycles. The smallest absolute Gasteiger partial charge is 0.328 e. The van der Waals surface area contributed by atoms with E-state index in [1.54, 1.807) is 11.4 Å². The van der Waals surface area contributed by atoms with Gasteiger partial charge in [-0.1, -0.05) is 0 Å². The van der Waals surface area contributed by atoms with E-state index in [2.05, 4.69) is 5.32 Å². The molecular formula is C14H9F2NO3S. The zero-order chi connectivity index (χ0) is 15.4. The highest BCUT2D eigenvalue weighted by Crippen LogP contribution is 2.22. The molecule has 0 aliphatic carbocycles. The largest absolute Gasteiger partial charge is 0.478 e. The molecule has 0 saturated carbocycles. The van der Waals surface area contributed by atoms with Gasteiger partial charge in [0.25, 0.3) is 5.91 Å². The average Bonchev–Trinajstić information content (AvgIpc) is 2.89. The van der Waals surface area contributed by atoms with E-state index in [4.69, 9.17) is 5.11 Å². The van der Waals surface area contributed by atoms with Crippen LogP contribution in [0.25, 0.3) is 6.08 Å². The second-order valence-corrected chi connectivity index (χ2v) is 4.87. The molecule has 2 aromatic rings. The zero-order valence-electron chi connectivity index (χ0n) is 10.5. The van der Waals surface area contributed by atoms with Crippen LogP contribution in [0.2, 0.25) is 0 Å².